The van der Waals surface area contributed by atoms with Gasteiger partial charge in [0.05, 0.1) is 12.1 Å². The molecule has 14 heavy (non-hydrogen) atoms. The number of nitrogens with one attached hydrogen (secondary N) is 1. The fraction of sp³-hybridized carbons (Fsp3) is 0.364. The first kappa shape index (κ1) is 10.7. The summed E-state index contributed by atoms with van der Waals surface area (Å²) in [6.45, 7) is 3.42. The predicted molar refractivity (Wildman–Crippen MR) is 55.1 cm³/mol. The summed E-state index contributed by atoms with van der Waals surface area (Å²) in [5.74, 6) is -0.154. The fourth-order valence-electron chi connectivity index (χ4n) is 1.00. The van der Waals surface area contributed by atoms with Gasteiger partial charge in [-0.25, -0.2) is 0 Å². The molecular formula is C11H15NO2. The molecule has 1 aromatic carbocycles. The molecule has 2 N–H and O–H groups in total. The van der Waals surface area contributed by atoms with E-state index in [-0.39, 0.29) is 11.9 Å². The summed E-state index contributed by atoms with van der Waals surface area (Å²) < 4.78 is 0. The Hall–Kier alpha value is -1.35. The van der Waals surface area contributed by atoms with E-state index in [9.17, 15) is 9.90 Å². The molecule has 1 aromatic rings. The van der Waals surface area contributed by atoms with Gasteiger partial charge in [0.2, 0.25) is 0 Å². The Morgan fingerprint density at radius 2 is 1.86 bits per heavy atom. The van der Waals surface area contributed by atoms with Gasteiger partial charge < -0.3 is 10.4 Å². The topological polar surface area (TPSA) is 49.3 Å². The van der Waals surface area contributed by atoms with Crippen LogP contribution in [0.1, 0.15) is 24.2 Å². The highest BCUT2D eigenvalue weighted by atomic mass is 16.3. The summed E-state index contributed by atoms with van der Waals surface area (Å²) in [7, 11) is 0. The van der Waals surface area contributed by atoms with Crippen molar-refractivity contribution >= 4 is 5.91 Å². The van der Waals surface area contributed by atoms with Gasteiger partial charge in [-0.1, -0.05) is 18.2 Å². The zero-order valence-corrected chi connectivity index (χ0v) is 8.40. The number of carbonyl (C=O) groups excluding carboxylic acids is 1. The standard InChI is InChI=1S/C11H15NO2/c1-8(9(2)13)12-11(14)10-6-4-3-5-7-10/h3-9,13H,1-2H3,(H,12,14)/t8-,9-/m0/s1. The average molecular weight is 193 g/mol. The first-order valence-electron chi connectivity index (χ1n) is 4.65. The molecule has 0 unspecified atom stereocenters. The van der Waals surface area contributed by atoms with Crippen LogP contribution in [0.3, 0.4) is 0 Å². The van der Waals surface area contributed by atoms with E-state index in [4.69, 9.17) is 0 Å². The maximum atomic E-state index is 11.5. The molecule has 0 heterocycles. The summed E-state index contributed by atoms with van der Waals surface area (Å²) in [5.41, 5.74) is 0.611. The highest BCUT2D eigenvalue weighted by Gasteiger charge is 2.12. The molecule has 0 saturated heterocycles. The van der Waals surface area contributed by atoms with Gasteiger partial charge in [0.15, 0.2) is 0 Å². The lowest BCUT2D eigenvalue weighted by Gasteiger charge is -2.16. The van der Waals surface area contributed by atoms with Crippen molar-refractivity contribution in [2.75, 3.05) is 0 Å². The quantitative estimate of drug-likeness (QED) is 0.757. The van der Waals surface area contributed by atoms with Crippen LogP contribution >= 0.6 is 0 Å². The molecule has 0 aliphatic rings. The Balaban J connectivity index is 2.60. The third-order valence-corrected chi connectivity index (χ3v) is 2.12. The van der Waals surface area contributed by atoms with Crippen LogP contribution in [-0.2, 0) is 0 Å². The molecule has 1 amide bonds. The van der Waals surface area contributed by atoms with Crippen LogP contribution in [0.2, 0.25) is 0 Å². The lowest BCUT2D eigenvalue weighted by Crippen LogP contribution is -2.39. The van der Waals surface area contributed by atoms with Crippen molar-refractivity contribution in [1.82, 2.24) is 5.32 Å². The SMILES string of the molecule is C[C@H](O)[C@H](C)NC(=O)c1ccccc1. The second-order valence-electron chi connectivity index (χ2n) is 3.37. The third-order valence-electron chi connectivity index (χ3n) is 2.12. The molecule has 3 heteroatoms. The maximum Gasteiger partial charge on any atom is 0.251 e. The molecule has 2 atom stereocenters. The van der Waals surface area contributed by atoms with E-state index < -0.39 is 6.10 Å². The molecule has 1 rings (SSSR count). The summed E-state index contributed by atoms with van der Waals surface area (Å²) in [6, 6.07) is 8.72. The smallest absolute Gasteiger partial charge is 0.251 e. The summed E-state index contributed by atoms with van der Waals surface area (Å²) in [5, 5.41) is 11.9. The minimum atomic E-state index is -0.539. The maximum absolute atomic E-state index is 11.5. The molecule has 0 fully saturated rings. The Morgan fingerprint density at radius 3 is 2.36 bits per heavy atom. The van der Waals surface area contributed by atoms with Crippen LogP contribution in [0.4, 0.5) is 0 Å². The summed E-state index contributed by atoms with van der Waals surface area (Å²) >= 11 is 0. The minimum Gasteiger partial charge on any atom is -0.391 e. The van der Waals surface area contributed by atoms with Crippen LogP contribution in [0.5, 0.6) is 0 Å². The molecule has 0 spiro atoms. The Labute approximate surface area is 83.8 Å². The zero-order valence-electron chi connectivity index (χ0n) is 8.40. The van der Waals surface area contributed by atoms with Crippen molar-refractivity contribution in [3.63, 3.8) is 0 Å². The molecule has 76 valence electrons. The van der Waals surface area contributed by atoms with Crippen molar-refractivity contribution in [1.29, 1.82) is 0 Å². The molecular weight excluding hydrogens is 178 g/mol. The Morgan fingerprint density at radius 1 is 1.29 bits per heavy atom. The van der Waals surface area contributed by atoms with Crippen LogP contribution in [-0.4, -0.2) is 23.2 Å². The van der Waals surface area contributed by atoms with Crippen molar-refractivity contribution in [2.24, 2.45) is 0 Å². The third kappa shape index (κ3) is 2.85. The van der Waals surface area contributed by atoms with E-state index in [2.05, 4.69) is 5.32 Å². The van der Waals surface area contributed by atoms with Crippen LogP contribution in [0.25, 0.3) is 0 Å². The van der Waals surface area contributed by atoms with Crippen molar-refractivity contribution in [2.45, 2.75) is 26.0 Å². The van der Waals surface area contributed by atoms with Gasteiger partial charge in [-0.15, -0.1) is 0 Å². The van der Waals surface area contributed by atoms with E-state index in [1.54, 1.807) is 26.0 Å². The summed E-state index contributed by atoms with van der Waals surface area (Å²) in [6.07, 6.45) is -0.539. The molecule has 0 radical (unpaired) electrons. The highest BCUT2D eigenvalue weighted by Crippen LogP contribution is 1.99. The molecule has 3 nitrogen and oxygen atoms in total. The van der Waals surface area contributed by atoms with Gasteiger partial charge >= 0.3 is 0 Å². The van der Waals surface area contributed by atoms with Gasteiger partial charge in [-0.2, -0.15) is 0 Å². The van der Waals surface area contributed by atoms with Crippen LogP contribution in [0.15, 0.2) is 30.3 Å². The van der Waals surface area contributed by atoms with Crippen molar-refractivity contribution < 1.29 is 9.90 Å². The monoisotopic (exact) mass is 193 g/mol. The number of carbonyl (C=O) groups is 1. The first-order chi connectivity index (χ1) is 6.61. The van der Waals surface area contributed by atoms with Crippen molar-refractivity contribution in [3.05, 3.63) is 35.9 Å². The Bertz CT molecular complexity index is 295. The largest absolute Gasteiger partial charge is 0.391 e. The zero-order chi connectivity index (χ0) is 10.6. The van der Waals surface area contributed by atoms with E-state index >= 15 is 0 Å². The number of benzene rings is 1. The van der Waals surface area contributed by atoms with Gasteiger partial charge in [-0.3, -0.25) is 4.79 Å². The van der Waals surface area contributed by atoms with E-state index in [0.29, 0.717) is 5.56 Å². The molecule has 0 bridgehead atoms. The number of hydrogen-bond acceptors (Lipinski definition) is 2. The van der Waals surface area contributed by atoms with Gasteiger partial charge in [0.1, 0.15) is 0 Å². The van der Waals surface area contributed by atoms with Crippen LogP contribution < -0.4 is 5.32 Å². The van der Waals surface area contributed by atoms with Crippen LogP contribution in [0, 0.1) is 0 Å². The molecule has 0 saturated carbocycles. The Kier molecular flexibility index (Phi) is 3.65. The molecule has 0 aromatic heterocycles. The minimum absolute atomic E-state index is 0.154. The number of aliphatic hydroxyl groups excluding tert-OH is 1. The molecule has 0 aliphatic heterocycles. The first-order valence-corrected chi connectivity index (χ1v) is 4.65. The number of rotatable bonds is 3. The number of amides is 1. The van der Waals surface area contributed by atoms with Gasteiger partial charge in [0, 0.05) is 5.56 Å². The van der Waals surface area contributed by atoms with E-state index in [0.717, 1.165) is 0 Å². The van der Waals surface area contributed by atoms with Gasteiger partial charge in [-0.05, 0) is 26.0 Å². The predicted octanol–water partition coefficient (Wildman–Crippen LogP) is 1.19. The molecule has 0 aliphatic carbocycles. The fourth-order valence-corrected chi connectivity index (χ4v) is 1.00. The summed E-state index contributed by atoms with van der Waals surface area (Å²) in [4.78, 5) is 11.5. The lowest BCUT2D eigenvalue weighted by atomic mass is 10.1. The average Bonchev–Trinajstić information content (AvgIpc) is 2.19. The second-order valence-corrected chi connectivity index (χ2v) is 3.37. The normalized spacial score (nSPS) is 14.5. The van der Waals surface area contributed by atoms with E-state index in [1.807, 2.05) is 18.2 Å². The number of hydrogen-bond donors (Lipinski definition) is 2. The number of aliphatic hydroxyl groups is 1. The highest BCUT2D eigenvalue weighted by molar-refractivity contribution is 5.94. The second kappa shape index (κ2) is 4.77. The van der Waals surface area contributed by atoms with E-state index in [1.165, 1.54) is 0 Å². The van der Waals surface area contributed by atoms with Gasteiger partial charge in [0.25, 0.3) is 5.91 Å². The lowest BCUT2D eigenvalue weighted by molar-refractivity contribution is 0.0874. The van der Waals surface area contributed by atoms with Crippen molar-refractivity contribution in [3.8, 4) is 0 Å².